The summed E-state index contributed by atoms with van der Waals surface area (Å²) >= 11 is 0. The number of hydrogen-bond donors (Lipinski definition) is 0. The highest BCUT2D eigenvalue weighted by Crippen LogP contribution is 2.22. The Hall–Kier alpha value is -2.69. The first-order valence-corrected chi connectivity index (χ1v) is 7.42. The zero-order valence-electron chi connectivity index (χ0n) is 13.6. The van der Waals surface area contributed by atoms with Crippen LogP contribution in [0.4, 0.5) is 0 Å². The molecule has 0 saturated carbocycles. The average Bonchev–Trinajstić information content (AvgIpc) is 2.83. The summed E-state index contributed by atoms with van der Waals surface area (Å²) in [6.45, 7) is 7.63. The second-order valence-electron chi connectivity index (χ2n) is 5.71. The van der Waals surface area contributed by atoms with Crippen LogP contribution in [-0.4, -0.2) is 16.1 Å². The van der Waals surface area contributed by atoms with Gasteiger partial charge >= 0.3 is 5.97 Å². The van der Waals surface area contributed by atoms with E-state index in [0.717, 1.165) is 33.4 Å². The van der Waals surface area contributed by atoms with Gasteiger partial charge in [0.2, 0.25) is 0 Å². The molecule has 2 heterocycles. The van der Waals surface area contributed by atoms with Crippen LogP contribution in [0.3, 0.4) is 0 Å². The van der Waals surface area contributed by atoms with Crippen LogP contribution in [0.1, 0.15) is 38.6 Å². The van der Waals surface area contributed by atoms with E-state index in [1.807, 2.05) is 39.0 Å². The highest BCUT2D eigenvalue weighted by Gasteiger charge is 2.16. The number of nitrogens with zero attached hydrogens (tertiary/aromatic N) is 2. The number of rotatable bonds is 3. The first kappa shape index (κ1) is 15.2. The van der Waals surface area contributed by atoms with Crippen molar-refractivity contribution in [3.8, 4) is 0 Å². The van der Waals surface area contributed by atoms with E-state index in [-0.39, 0.29) is 12.6 Å². The Labute approximate surface area is 134 Å². The van der Waals surface area contributed by atoms with Crippen molar-refractivity contribution < 1.29 is 14.1 Å². The molecule has 0 aliphatic carbocycles. The maximum Gasteiger partial charge on any atom is 0.339 e. The zero-order valence-corrected chi connectivity index (χ0v) is 13.6. The first-order valence-electron chi connectivity index (χ1n) is 7.42. The lowest BCUT2D eigenvalue weighted by Gasteiger charge is -2.09. The highest BCUT2D eigenvalue weighted by atomic mass is 16.5. The lowest BCUT2D eigenvalue weighted by atomic mass is 10.1. The normalized spacial score (nSPS) is 11.0. The fraction of sp³-hybridized carbons (Fsp3) is 0.278. The number of aromatic nitrogens is 2. The molecule has 5 heteroatoms. The Morgan fingerprint density at radius 1 is 1.17 bits per heavy atom. The molecule has 0 unspecified atom stereocenters. The van der Waals surface area contributed by atoms with Crippen molar-refractivity contribution in [3.05, 3.63) is 58.1 Å². The van der Waals surface area contributed by atoms with E-state index in [1.165, 1.54) is 0 Å². The molecule has 0 aliphatic rings. The molecule has 118 valence electrons. The van der Waals surface area contributed by atoms with Crippen LogP contribution in [0.15, 0.2) is 28.8 Å². The summed E-state index contributed by atoms with van der Waals surface area (Å²) in [6, 6.07) is 7.61. The van der Waals surface area contributed by atoms with Gasteiger partial charge in [-0.3, -0.25) is 4.98 Å². The number of carbonyl (C=O) groups excluding carboxylic acids is 1. The number of hydrogen-bond acceptors (Lipinski definition) is 5. The van der Waals surface area contributed by atoms with Crippen LogP contribution in [0.5, 0.6) is 0 Å². The van der Waals surface area contributed by atoms with Gasteiger partial charge in [-0.1, -0.05) is 16.8 Å². The minimum atomic E-state index is -0.369. The molecule has 0 amide bonds. The van der Waals surface area contributed by atoms with Gasteiger partial charge in [0.25, 0.3) is 0 Å². The van der Waals surface area contributed by atoms with E-state index in [1.54, 1.807) is 13.0 Å². The van der Waals surface area contributed by atoms with Gasteiger partial charge in [0, 0.05) is 11.1 Å². The molecule has 0 fully saturated rings. The van der Waals surface area contributed by atoms with Crippen LogP contribution in [0.2, 0.25) is 0 Å². The largest absolute Gasteiger partial charge is 0.457 e. The Bertz CT molecular complexity index is 877. The number of benzene rings is 1. The molecule has 0 N–H and O–H groups in total. The fourth-order valence-corrected chi connectivity index (χ4v) is 2.56. The van der Waals surface area contributed by atoms with E-state index in [2.05, 4.69) is 10.1 Å². The summed E-state index contributed by atoms with van der Waals surface area (Å²) in [6.07, 6.45) is 0. The van der Waals surface area contributed by atoms with Gasteiger partial charge in [0.1, 0.15) is 12.4 Å². The van der Waals surface area contributed by atoms with Gasteiger partial charge in [-0.2, -0.15) is 0 Å². The van der Waals surface area contributed by atoms with Crippen molar-refractivity contribution in [1.29, 1.82) is 0 Å². The quantitative estimate of drug-likeness (QED) is 0.688. The number of ether oxygens (including phenoxy) is 1. The molecule has 3 rings (SSSR count). The smallest absolute Gasteiger partial charge is 0.339 e. The van der Waals surface area contributed by atoms with E-state index in [9.17, 15) is 4.79 Å². The van der Waals surface area contributed by atoms with Gasteiger partial charge in [-0.05, 0) is 45.9 Å². The Balaban J connectivity index is 1.93. The Morgan fingerprint density at radius 3 is 2.65 bits per heavy atom. The predicted octanol–water partition coefficient (Wildman–Crippen LogP) is 3.81. The number of aryl methyl sites for hydroxylation is 4. The minimum Gasteiger partial charge on any atom is -0.457 e. The monoisotopic (exact) mass is 310 g/mol. The maximum atomic E-state index is 12.5. The summed E-state index contributed by atoms with van der Waals surface area (Å²) in [5.41, 5.74) is 4.72. The number of esters is 1. The van der Waals surface area contributed by atoms with Crippen LogP contribution in [-0.2, 0) is 11.3 Å². The summed E-state index contributed by atoms with van der Waals surface area (Å²) in [7, 11) is 0. The number of pyridine rings is 1. The summed E-state index contributed by atoms with van der Waals surface area (Å²) in [5, 5.41) is 4.67. The van der Waals surface area contributed by atoms with Crippen LogP contribution in [0, 0.1) is 27.7 Å². The predicted molar refractivity (Wildman–Crippen MR) is 86.3 cm³/mol. The van der Waals surface area contributed by atoms with Gasteiger partial charge < -0.3 is 9.26 Å². The molecule has 0 radical (unpaired) electrons. The first-order chi connectivity index (χ1) is 11.0. The van der Waals surface area contributed by atoms with Crippen molar-refractivity contribution in [1.82, 2.24) is 10.1 Å². The summed E-state index contributed by atoms with van der Waals surface area (Å²) in [4.78, 5) is 17.0. The molecule has 2 aromatic heterocycles. The Morgan fingerprint density at radius 2 is 1.96 bits per heavy atom. The van der Waals surface area contributed by atoms with Gasteiger partial charge in [0.15, 0.2) is 0 Å². The third-order valence-electron chi connectivity index (χ3n) is 3.84. The zero-order chi connectivity index (χ0) is 16.6. The van der Waals surface area contributed by atoms with E-state index in [4.69, 9.17) is 9.26 Å². The number of fused-ring (bicyclic) bond motifs is 1. The third-order valence-corrected chi connectivity index (χ3v) is 3.84. The van der Waals surface area contributed by atoms with E-state index in [0.29, 0.717) is 11.3 Å². The number of carbonyl (C=O) groups is 1. The SMILES string of the molecule is Cc1ccc2nc(C)cc(C(=O)OCc3c(C)noc3C)c2c1. The van der Waals surface area contributed by atoms with E-state index >= 15 is 0 Å². The molecular formula is C18H18N2O3. The van der Waals surface area contributed by atoms with Crippen molar-refractivity contribution in [3.63, 3.8) is 0 Å². The molecule has 0 atom stereocenters. The molecule has 1 aromatic carbocycles. The molecule has 5 nitrogen and oxygen atoms in total. The third kappa shape index (κ3) is 2.95. The topological polar surface area (TPSA) is 65.2 Å². The van der Waals surface area contributed by atoms with E-state index < -0.39 is 0 Å². The van der Waals surface area contributed by atoms with Crippen molar-refractivity contribution in [2.45, 2.75) is 34.3 Å². The lowest BCUT2D eigenvalue weighted by molar-refractivity contribution is 0.0473. The highest BCUT2D eigenvalue weighted by molar-refractivity contribution is 6.03. The maximum absolute atomic E-state index is 12.5. The average molecular weight is 310 g/mol. The molecular weight excluding hydrogens is 292 g/mol. The van der Waals surface area contributed by atoms with Crippen molar-refractivity contribution in [2.24, 2.45) is 0 Å². The van der Waals surface area contributed by atoms with Crippen molar-refractivity contribution in [2.75, 3.05) is 0 Å². The second-order valence-corrected chi connectivity index (χ2v) is 5.71. The Kier molecular flexibility index (Phi) is 3.86. The van der Waals surface area contributed by atoms with Crippen LogP contribution < -0.4 is 0 Å². The second kappa shape index (κ2) is 5.83. The van der Waals surface area contributed by atoms with Crippen LogP contribution in [0.25, 0.3) is 10.9 Å². The molecule has 3 aromatic rings. The van der Waals surface area contributed by atoms with Gasteiger partial charge in [-0.15, -0.1) is 0 Å². The summed E-state index contributed by atoms with van der Waals surface area (Å²) in [5.74, 6) is 0.299. The lowest BCUT2D eigenvalue weighted by Crippen LogP contribution is -2.08. The van der Waals surface area contributed by atoms with Gasteiger partial charge in [-0.25, -0.2) is 4.79 Å². The molecule has 0 spiro atoms. The van der Waals surface area contributed by atoms with Gasteiger partial charge in [0.05, 0.1) is 22.3 Å². The summed E-state index contributed by atoms with van der Waals surface area (Å²) < 4.78 is 10.6. The fourth-order valence-electron chi connectivity index (χ4n) is 2.56. The van der Waals surface area contributed by atoms with Crippen LogP contribution >= 0.6 is 0 Å². The molecule has 0 bridgehead atoms. The molecule has 0 saturated heterocycles. The minimum absolute atomic E-state index is 0.147. The molecule has 23 heavy (non-hydrogen) atoms. The standard InChI is InChI=1S/C18H18N2O3/c1-10-5-6-17-14(7-10)15(8-11(2)19-17)18(21)22-9-16-12(3)20-23-13(16)4/h5-8H,9H2,1-4H3. The van der Waals surface area contributed by atoms with Crippen molar-refractivity contribution >= 4 is 16.9 Å². The molecule has 0 aliphatic heterocycles.